The number of carbonyl (C=O) groups excluding carboxylic acids is 3. The van der Waals surface area contributed by atoms with E-state index in [0.717, 1.165) is 5.56 Å². The van der Waals surface area contributed by atoms with E-state index in [4.69, 9.17) is 11.6 Å². The molecule has 4 nitrogen and oxygen atoms in total. The van der Waals surface area contributed by atoms with Crippen LogP contribution < -0.4 is 5.32 Å². The van der Waals surface area contributed by atoms with Crippen molar-refractivity contribution in [3.05, 3.63) is 35.9 Å². The Kier molecular flexibility index (Phi) is 5.52. The second-order valence-corrected chi connectivity index (χ2v) is 4.13. The molecule has 5 heteroatoms. The number of benzene rings is 1. The van der Waals surface area contributed by atoms with Crippen molar-refractivity contribution >= 4 is 29.1 Å². The fraction of sp³-hybridized carbons (Fsp3) is 0.308. The van der Waals surface area contributed by atoms with E-state index in [0.29, 0.717) is 0 Å². The van der Waals surface area contributed by atoms with Crippen LogP contribution in [0.3, 0.4) is 0 Å². The van der Waals surface area contributed by atoms with Crippen molar-refractivity contribution in [3.8, 4) is 0 Å². The molecule has 0 saturated heterocycles. The van der Waals surface area contributed by atoms with Crippen molar-refractivity contribution in [1.29, 1.82) is 0 Å². The zero-order valence-electron chi connectivity index (χ0n) is 9.98. The third-order valence-electron chi connectivity index (χ3n) is 2.37. The number of nitrogens with one attached hydrogen (secondary N) is 1. The number of hydrogen-bond donors (Lipinski definition) is 1. The van der Waals surface area contributed by atoms with Gasteiger partial charge < -0.3 is 5.32 Å². The van der Waals surface area contributed by atoms with Crippen molar-refractivity contribution in [2.24, 2.45) is 0 Å². The molecule has 1 atom stereocenters. The predicted molar refractivity (Wildman–Crippen MR) is 68.5 cm³/mol. The van der Waals surface area contributed by atoms with E-state index >= 15 is 0 Å². The van der Waals surface area contributed by atoms with Crippen LogP contribution in [0.1, 0.15) is 12.5 Å². The number of ketones is 2. The normalized spacial score (nSPS) is 11.7. The average molecular weight is 268 g/mol. The third-order valence-corrected chi connectivity index (χ3v) is 2.62. The molecule has 1 aromatic carbocycles. The summed E-state index contributed by atoms with van der Waals surface area (Å²) in [6, 6.07) is 8.31. The van der Waals surface area contributed by atoms with Crippen molar-refractivity contribution < 1.29 is 14.4 Å². The minimum atomic E-state index is -0.851. The number of amides is 1. The van der Waals surface area contributed by atoms with Gasteiger partial charge in [-0.25, -0.2) is 0 Å². The van der Waals surface area contributed by atoms with Gasteiger partial charge in [-0.1, -0.05) is 30.3 Å². The van der Waals surface area contributed by atoms with Crippen molar-refractivity contribution in [3.63, 3.8) is 0 Å². The van der Waals surface area contributed by atoms with Gasteiger partial charge in [0.15, 0.2) is 0 Å². The van der Waals surface area contributed by atoms with E-state index in [2.05, 4.69) is 5.32 Å². The summed E-state index contributed by atoms with van der Waals surface area (Å²) in [6.07, 6.45) is 0.280. The first-order valence-corrected chi connectivity index (χ1v) is 6.02. The fourth-order valence-electron chi connectivity index (χ4n) is 1.56. The first kappa shape index (κ1) is 14.4. The first-order valence-electron chi connectivity index (χ1n) is 5.48. The molecule has 0 aliphatic carbocycles. The lowest BCUT2D eigenvalue weighted by Gasteiger charge is -2.15. The molecule has 1 aromatic rings. The zero-order valence-corrected chi connectivity index (χ0v) is 10.7. The topological polar surface area (TPSA) is 63.2 Å². The van der Waals surface area contributed by atoms with Crippen LogP contribution in [0.4, 0.5) is 0 Å². The second kappa shape index (κ2) is 6.91. The molecule has 0 radical (unpaired) electrons. The standard InChI is InChI=1S/C13H14ClNO3/c1-9(16)15-11(13(18)12(17)8-14)7-10-5-3-2-4-6-10/h2-6,11H,7-8H2,1H3,(H,15,16)/t11-/m0/s1. The van der Waals surface area contributed by atoms with Crippen molar-refractivity contribution in [1.82, 2.24) is 5.32 Å². The van der Waals surface area contributed by atoms with Crippen LogP contribution in [-0.4, -0.2) is 29.4 Å². The highest BCUT2D eigenvalue weighted by atomic mass is 35.5. The summed E-state index contributed by atoms with van der Waals surface area (Å²) in [5.74, 6) is -2.08. The molecular formula is C13H14ClNO3. The maximum Gasteiger partial charge on any atom is 0.222 e. The minimum absolute atomic E-state index is 0.280. The first-order chi connectivity index (χ1) is 8.54. The molecule has 0 aliphatic heterocycles. The van der Waals surface area contributed by atoms with Gasteiger partial charge in [0.05, 0.1) is 11.9 Å². The smallest absolute Gasteiger partial charge is 0.222 e. The molecule has 0 spiro atoms. The van der Waals surface area contributed by atoms with Gasteiger partial charge in [0.25, 0.3) is 0 Å². The molecule has 0 aliphatic rings. The Morgan fingerprint density at radius 1 is 1.22 bits per heavy atom. The Balaban J connectivity index is 2.82. The summed E-state index contributed by atoms with van der Waals surface area (Å²) in [6.45, 7) is 1.30. The number of halogens is 1. The average Bonchev–Trinajstić information content (AvgIpc) is 2.37. The number of rotatable bonds is 6. The molecule has 0 saturated carbocycles. The predicted octanol–water partition coefficient (Wildman–Crippen LogP) is 1.11. The molecule has 18 heavy (non-hydrogen) atoms. The van der Waals surface area contributed by atoms with Crippen molar-refractivity contribution in [2.45, 2.75) is 19.4 Å². The molecule has 0 heterocycles. The Bertz CT molecular complexity index is 445. The third kappa shape index (κ3) is 4.30. The molecule has 0 aromatic heterocycles. The molecule has 0 fully saturated rings. The van der Waals surface area contributed by atoms with Crippen molar-refractivity contribution in [2.75, 3.05) is 5.88 Å². The number of carbonyl (C=O) groups is 3. The molecule has 1 rings (SSSR count). The summed E-state index contributed by atoms with van der Waals surface area (Å²) >= 11 is 5.35. The van der Waals surface area contributed by atoms with Crippen LogP contribution >= 0.6 is 11.6 Å². The van der Waals surface area contributed by atoms with Gasteiger partial charge in [-0.2, -0.15) is 0 Å². The van der Waals surface area contributed by atoms with Gasteiger partial charge in [0.1, 0.15) is 0 Å². The summed E-state index contributed by atoms with van der Waals surface area (Å²) in [7, 11) is 0. The van der Waals surface area contributed by atoms with Gasteiger partial charge in [-0.05, 0) is 5.56 Å². The van der Waals surface area contributed by atoms with Crippen LogP contribution in [0.25, 0.3) is 0 Å². The van der Waals surface area contributed by atoms with Gasteiger partial charge in [0, 0.05) is 13.3 Å². The van der Waals surface area contributed by atoms with Crippen LogP contribution in [0.2, 0.25) is 0 Å². The minimum Gasteiger partial charge on any atom is -0.346 e. The van der Waals surface area contributed by atoms with E-state index in [1.165, 1.54) is 6.92 Å². The van der Waals surface area contributed by atoms with Gasteiger partial charge >= 0.3 is 0 Å². The fourth-order valence-corrected chi connectivity index (χ4v) is 1.70. The van der Waals surface area contributed by atoms with E-state index in [9.17, 15) is 14.4 Å². The van der Waals surface area contributed by atoms with E-state index in [1.54, 1.807) is 0 Å². The van der Waals surface area contributed by atoms with Crippen LogP contribution in [0, 0.1) is 0 Å². The summed E-state index contributed by atoms with van der Waals surface area (Å²) in [4.78, 5) is 34.1. The highest BCUT2D eigenvalue weighted by Gasteiger charge is 2.25. The van der Waals surface area contributed by atoms with Crippen LogP contribution in [0.15, 0.2) is 30.3 Å². The SMILES string of the molecule is CC(=O)N[C@@H](Cc1ccccc1)C(=O)C(=O)CCl. The highest BCUT2D eigenvalue weighted by molar-refractivity contribution is 6.48. The Morgan fingerprint density at radius 2 is 1.83 bits per heavy atom. The van der Waals surface area contributed by atoms with Crippen LogP contribution in [-0.2, 0) is 20.8 Å². The lowest BCUT2D eigenvalue weighted by atomic mass is 10.0. The molecular weight excluding hydrogens is 254 g/mol. The Hall–Kier alpha value is -1.68. The summed E-state index contributed by atoms with van der Waals surface area (Å²) in [5, 5.41) is 2.48. The van der Waals surface area contributed by atoms with E-state index < -0.39 is 17.6 Å². The molecule has 1 N–H and O–H groups in total. The summed E-state index contributed by atoms with van der Waals surface area (Å²) < 4.78 is 0. The second-order valence-electron chi connectivity index (χ2n) is 3.86. The maximum atomic E-state index is 11.8. The van der Waals surface area contributed by atoms with Gasteiger partial charge in [-0.3, -0.25) is 14.4 Å². The highest BCUT2D eigenvalue weighted by Crippen LogP contribution is 2.05. The van der Waals surface area contributed by atoms with Gasteiger partial charge in [-0.15, -0.1) is 11.6 Å². The monoisotopic (exact) mass is 267 g/mol. The molecule has 0 bridgehead atoms. The number of alkyl halides is 1. The summed E-state index contributed by atoms with van der Waals surface area (Å²) in [5.41, 5.74) is 0.868. The zero-order chi connectivity index (χ0) is 13.5. The Morgan fingerprint density at radius 3 is 2.33 bits per heavy atom. The van der Waals surface area contributed by atoms with Crippen LogP contribution in [0.5, 0.6) is 0 Å². The quantitative estimate of drug-likeness (QED) is 0.620. The molecule has 96 valence electrons. The van der Waals surface area contributed by atoms with E-state index in [1.807, 2.05) is 30.3 Å². The molecule has 0 unspecified atom stereocenters. The van der Waals surface area contributed by atoms with Gasteiger partial charge in [0.2, 0.25) is 17.5 Å². The lowest BCUT2D eigenvalue weighted by molar-refractivity contribution is -0.137. The Labute approximate surface area is 110 Å². The largest absolute Gasteiger partial charge is 0.346 e. The molecule has 1 amide bonds. The number of hydrogen-bond acceptors (Lipinski definition) is 3. The number of Topliss-reactive ketones (excluding diaryl/α,β-unsaturated/α-hetero) is 2. The lowest BCUT2D eigenvalue weighted by Crippen LogP contribution is -2.44. The van der Waals surface area contributed by atoms with E-state index in [-0.39, 0.29) is 18.2 Å². The maximum absolute atomic E-state index is 11.8.